The van der Waals surface area contributed by atoms with Crippen LogP contribution in [-0.2, 0) is 34.3 Å². The van der Waals surface area contributed by atoms with Crippen molar-refractivity contribution in [3.63, 3.8) is 0 Å². The van der Waals surface area contributed by atoms with Gasteiger partial charge in [0.05, 0.1) is 0 Å². The molecule has 0 bridgehead atoms. The van der Waals surface area contributed by atoms with E-state index in [9.17, 15) is 0 Å². The van der Waals surface area contributed by atoms with E-state index in [2.05, 4.69) is 90.1 Å². The van der Waals surface area contributed by atoms with Gasteiger partial charge in [-0.2, -0.15) is 0 Å². The molecule has 0 radical (unpaired) electrons. The Balaban J connectivity index is 1.85. The molecule has 0 fully saturated rings. The number of allylic oxidation sites excluding steroid dienone is 4. The number of halogens is 8. The average Bonchev–Trinajstić information content (AvgIpc) is 3.67. The van der Waals surface area contributed by atoms with Crippen molar-refractivity contribution in [3.8, 4) is 11.1 Å². The Bertz CT molecular complexity index is 1990. The summed E-state index contributed by atoms with van der Waals surface area (Å²) >= 11 is 33.3. The molecule has 0 saturated heterocycles. The molecule has 0 spiro atoms. The van der Waals surface area contributed by atoms with Crippen molar-refractivity contribution in [2.75, 3.05) is 0 Å². The SMILES string of the molecule is CC(C)(C)c1ccc2c(c1)-c1cc(C(C)(C)C)ccc1[CH]2[Zr]([Cl])([Cl])(=[C](c1cccc(C(Cl)(Cl)Cl)c1)c1cccc(C(Cl)(Cl)Cl)c1)[CH]1C=CC=C1. The van der Waals surface area contributed by atoms with E-state index < -0.39 is 23.5 Å². The zero-order valence-corrected chi connectivity index (χ0v) is 37.1. The summed E-state index contributed by atoms with van der Waals surface area (Å²) in [6.07, 6.45) is 8.32. The Morgan fingerprint density at radius 3 is 1.28 bits per heavy atom. The predicted octanol–water partition coefficient (Wildman–Crippen LogP) is 15.2. The Kier molecular flexibility index (Phi) is 10.4. The summed E-state index contributed by atoms with van der Waals surface area (Å²) in [4.78, 5) is 0. The van der Waals surface area contributed by atoms with E-state index in [0.717, 1.165) is 36.6 Å². The fourth-order valence-corrected chi connectivity index (χ4v) is 27.5. The van der Waals surface area contributed by atoms with Crippen molar-refractivity contribution < 1.29 is 15.9 Å². The number of benzene rings is 4. The van der Waals surface area contributed by atoms with E-state index in [1.165, 1.54) is 11.1 Å². The van der Waals surface area contributed by atoms with Crippen LogP contribution in [0.15, 0.2) is 109 Å². The molecule has 0 heterocycles. The topological polar surface area (TPSA) is 0 Å². The van der Waals surface area contributed by atoms with E-state index in [-0.39, 0.29) is 18.1 Å². The van der Waals surface area contributed by atoms with Crippen LogP contribution in [-0.4, -0.2) is 3.21 Å². The molecule has 0 saturated carbocycles. The Morgan fingerprint density at radius 2 is 0.920 bits per heavy atom. The van der Waals surface area contributed by atoms with Crippen LogP contribution in [0.2, 0.25) is 3.63 Å². The first-order valence-corrected chi connectivity index (χ1v) is 29.1. The summed E-state index contributed by atoms with van der Waals surface area (Å²) in [5.41, 5.74) is 9.35. The van der Waals surface area contributed by atoms with E-state index in [4.69, 9.17) is 86.6 Å². The van der Waals surface area contributed by atoms with Crippen molar-refractivity contribution in [3.05, 3.63) is 154 Å². The van der Waals surface area contributed by atoms with E-state index >= 15 is 0 Å². The van der Waals surface area contributed by atoms with Gasteiger partial charge in [0.2, 0.25) is 0 Å². The molecule has 2 aliphatic rings. The molecule has 2 aliphatic carbocycles. The standard InChI is InChI=1S/C21H25.C15H8Cl6.C5H5.2ClH.Zr/c1-20(2,3)16-9-7-14-11-15-8-10-17(21(4,5)6)13-19(15)18(14)12-16;16-14(17,18)12-5-1-3-10(8-12)7-11-4-2-6-13(9-11)15(19,20)21;1-2-4-5-3-1;;;/h7-13H,1-6H3;1-6,8-9H;1-5H;2*1H;/q;;;;;+2/p-2. The fourth-order valence-electron chi connectivity index (χ4n) is 7.46. The molecule has 0 atom stereocenters. The third-order valence-electron chi connectivity index (χ3n) is 10.1. The monoisotopic (exact) mass is 900 g/mol. The Morgan fingerprint density at radius 1 is 0.520 bits per heavy atom. The molecule has 4 aromatic carbocycles. The Hall–Kier alpha value is -0.567. The number of fused-ring (bicyclic) bond motifs is 3. The molecule has 0 nitrogen and oxygen atoms in total. The minimum atomic E-state index is -5.76. The Labute approximate surface area is 334 Å². The second kappa shape index (κ2) is 13.3. The molecule has 0 unspecified atom stereocenters. The van der Waals surface area contributed by atoms with E-state index in [0.29, 0.717) is 11.1 Å². The van der Waals surface area contributed by atoms with Gasteiger partial charge in [0.25, 0.3) is 0 Å². The molecule has 262 valence electrons. The maximum absolute atomic E-state index is 8.73. The van der Waals surface area contributed by atoms with Crippen molar-refractivity contribution in [1.29, 1.82) is 0 Å². The summed E-state index contributed by atoms with van der Waals surface area (Å²) in [6.45, 7) is 13.4. The van der Waals surface area contributed by atoms with Crippen LogP contribution in [0, 0.1) is 0 Å². The quantitative estimate of drug-likeness (QED) is 0.179. The van der Waals surface area contributed by atoms with Crippen LogP contribution in [0.25, 0.3) is 11.1 Å². The second-order valence-electron chi connectivity index (χ2n) is 15.5. The molecule has 9 heteroatoms. The zero-order chi connectivity index (χ0) is 36.7. The third kappa shape index (κ3) is 7.05. The van der Waals surface area contributed by atoms with Gasteiger partial charge in [0.1, 0.15) is 0 Å². The first-order valence-electron chi connectivity index (χ1n) is 16.5. The zero-order valence-electron chi connectivity index (χ0n) is 28.6. The number of hydrogen-bond donors (Lipinski definition) is 0. The number of alkyl halides is 6. The normalized spacial score (nSPS) is 15.8. The van der Waals surface area contributed by atoms with Gasteiger partial charge in [-0.3, -0.25) is 0 Å². The van der Waals surface area contributed by atoms with Crippen LogP contribution in [0.1, 0.15) is 89.7 Å². The van der Waals surface area contributed by atoms with Crippen molar-refractivity contribution >= 4 is 89.8 Å². The van der Waals surface area contributed by atoms with Crippen LogP contribution in [0.5, 0.6) is 0 Å². The van der Waals surface area contributed by atoms with E-state index in [1.54, 1.807) is 12.1 Å². The van der Waals surface area contributed by atoms with Crippen molar-refractivity contribution in [1.82, 2.24) is 0 Å². The summed E-state index contributed by atoms with van der Waals surface area (Å²) < 4.78 is -3.22. The molecule has 4 aromatic rings. The number of hydrogen-bond acceptors (Lipinski definition) is 0. The third-order valence-corrected chi connectivity index (χ3v) is 31.0. The summed E-state index contributed by atoms with van der Waals surface area (Å²) in [7, 11) is 17.5. The summed E-state index contributed by atoms with van der Waals surface area (Å²) in [6, 6.07) is 28.6. The van der Waals surface area contributed by atoms with Gasteiger partial charge in [0.15, 0.2) is 0 Å². The van der Waals surface area contributed by atoms with Crippen LogP contribution >= 0.6 is 86.6 Å². The van der Waals surface area contributed by atoms with E-state index in [1.807, 2.05) is 48.6 Å². The molecular formula is C41H38Cl8Zr. The second-order valence-corrected chi connectivity index (χ2v) is 40.8. The molecule has 6 rings (SSSR count). The van der Waals surface area contributed by atoms with Gasteiger partial charge in [-0.05, 0) is 0 Å². The number of rotatable bonds is 4. The predicted molar refractivity (Wildman–Crippen MR) is 219 cm³/mol. The summed E-state index contributed by atoms with van der Waals surface area (Å²) in [5, 5.41) is 0. The fraction of sp³-hybridized carbons (Fsp3) is 0.293. The molecule has 0 N–H and O–H groups in total. The minimum absolute atomic E-state index is 0.0711. The molecule has 50 heavy (non-hydrogen) atoms. The van der Waals surface area contributed by atoms with Gasteiger partial charge in [0, 0.05) is 0 Å². The van der Waals surface area contributed by atoms with Crippen LogP contribution in [0.3, 0.4) is 0 Å². The van der Waals surface area contributed by atoms with Crippen LogP contribution in [0.4, 0.5) is 0 Å². The van der Waals surface area contributed by atoms with Gasteiger partial charge in [-0.1, -0.05) is 0 Å². The van der Waals surface area contributed by atoms with Gasteiger partial charge < -0.3 is 0 Å². The average molecular weight is 906 g/mol. The molecule has 0 aliphatic heterocycles. The van der Waals surface area contributed by atoms with Gasteiger partial charge in [-0.15, -0.1) is 0 Å². The molecule has 0 amide bonds. The van der Waals surface area contributed by atoms with Crippen molar-refractivity contribution in [2.24, 2.45) is 0 Å². The molecule has 0 aromatic heterocycles. The summed E-state index contributed by atoms with van der Waals surface area (Å²) in [5.74, 6) is 0. The van der Waals surface area contributed by atoms with Crippen molar-refractivity contribution in [2.45, 2.75) is 67.2 Å². The van der Waals surface area contributed by atoms with Gasteiger partial charge >= 0.3 is 338 Å². The van der Waals surface area contributed by atoms with Gasteiger partial charge in [-0.25, -0.2) is 0 Å². The first kappa shape index (κ1) is 39.1. The van der Waals surface area contributed by atoms with Crippen LogP contribution < -0.4 is 0 Å². The maximum atomic E-state index is 8.73. The first-order chi connectivity index (χ1) is 23.0. The molecular weight excluding hydrogens is 867 g/mol.